The predicted molar refractivity (Wildman–Crippen MR) is 63.3 cm³/mol. The fourth-order valence-corrected chi connectivity index (χ4v) is 2.83. The molecule has 0 bridgehead atoms. The molecule has 0 radical (unpaired) electrons. The van der Waals surface area contributed by atoms with E-state index in [1.54, 1.807) is 0 Å². The van der Waals surface area contributed by atoms with E-state index in [0.29, 0.717) is 5.92 Å². The maximum Gasteiger partial charge on any atom is 0.323 e. The lowest BCUT2D eigenvalue weighted by Crippen LogP contribution is -2.55. The van der Waals surface area contributed by atoms with E-state index in [9.17, 15) is 9.90 Å². The fraction of sp³-hybridized carbons (Fsp3) is 0.923. The molecule has 3 heteroatoms. The molecule has 16 heavy (non-hydrogen) atoms. The number of aliphatic carboxylic acids is 1. The van der Waals surface area contributed by atoms with Gasteiger partial charge < -0.3 is 10.4 Å². The monoisotopic (exact) mass is 225 g/mol. The summed E-state index contributed by atoms with van der Waals surface area (Å²) < 4.78 is 0. The first-order valence-corrected chi connectivity index (χ1v) is 6.64. The van der Waals surface area contributed by atoms with Crippen LogP contribution in [0.1, 0.15) is 51.9 Å². The van der Waals surface area contributed by atoms with Crippen molar-refractivity contribution in [2.75, 3.05) is 6.54 Å². The molecule has 0 saturated heterocycles. The SMILES string of the molecule is CCC1CCCC(NCC2CC2)(C(=O)O)C1. The Bertz CT molecular complexity index is 263. The van der Waals surface area contributed by atoms with Gasteiger partial charge in [-0.15, -0.1) is 0 Å². The fourth-order valence-electron chi connectivity index (χ4n) is 2.83. The molecule has 2 unspecified atom stereocenters. The van der Waals surface area contributed by atoms with Crippen LogP contribution in [-0.4, -0.2) is 23.2 Å². The number of carboxylic acids is 1. The van der Waals surface area contributed by atoms with E-state index in [0.717, 1.165) is 38.1 Å². The summed E-state index contributed by atoms with van der Waals surface area (Å²) >= 11 is 0. The first-order valence-electron chi connectivity index (χ1n) is 6.64. The van der Waals surface area contributed by atoms with E-state index >= 15 is 0 Å². The Balaban J connectivity index is 1.97. The largest absolute Gasteiger partial charge is 0.480 e. The molecule has 2 saturated carbocycles. The minimum atomic E-state index is -0.633. The van der Waals surface area contributed by atoms with Crippen LogP contribution < -0.4 is 5.32 Å². The molecule has 0 aromatic rings. The predicted octanol–water partition coefficient (Wildman–Crippen LogP) is 2.41. The third kappa shape index (κ3) is 2.57. The van der Waals surface area contributed by atoms with E-state index < -0.39 is 11.5 Å². The van der Waals surface area contributed by atoms with Crippen molar-refractivity contribution in [2.45, 2.75) is 57.4 Å². The molecule has 0 heterocycles. The highest BCUT2D eigenvalue weighted by atomic mass is 16.4. The Kier molecular flexibility index (Phi) is 3.53. The second kappa shape index (κ2) is 4.74. The van der Waals surface area contributed by atoms with Crippen molar-refractivity contribution in [3.8, 4) is 0 Å². The molecule has 2 aliphatic rings. The maximum absolute atomic E-state index is 11.5. The van der Waals surface area contributed by atoms with Crippen molar-refractivity contribution in [1.82, 2.24) is 5.32 Å². The van der Waals surface area contributed by atoms with Gasteiger partial charge in [-0.25, -0.2) is 0 Å². The lowest BCUT2D eigenvalue weighted by atomic mass is 9.74. The third-order valence-corrected chi connectivity index (χ3v) is 4.27. The molecule has 0 aromatic carbocycles. The van der Waals surface area contributed by atoms with Crippen molar-refractivity contribution in [2.24, 2.45) is 11.8 Å². The van der Waals surface area contributed by atoms with Gasteiger partial charge in [0.25, 0.3) is 0 Å². The van der Waals surface area contributed by atoms with Gasteiger partial charge in [0, 0.05) is 0 Å². The summed E-state index contributed by atoms with van der Waals surface area (Å²) in [5.74, 6) is 0.709. The van der Waals surface area contributed by atoms with E-state index in [1.807, 2.05) is 0 Å². The van der Waals surface area contributed by atoms with Crippen molar-refractivity contribution >= 4 is 5.97 Å². The molecule has 92 valence electrons. The second-order valence-corrected chi connectivity index (χ2v) is 5.58. The second-order valence-electron chi connectivity index (χ2n) is 5.58. The first kappa shape index (κ1) is 11.9. The minimum absolute atomic E-state index is 0.594. The molecule has 0 aromatic heterocycles. The Labute approximate surface area is 97.6 Å². The van der Waals surface area contributed by atoms with Crippen LogP contribution >= 0.6 is 0 Å². The lowest BCUT2D eigenvalue weighted by molar-refractivity contribution is -0.147. The van der Waals surface area contributed by atoms with Crippen LogP contribution in [0.25, 0.3) is 0 Å². The van der Waals surface area contributed by atoms with Crippen molar-refractivity contribution in [1.29, 1.82) is 0 Å². The number of carbonyl (C=O) groups is 1. The third-order valence-electron chi connectivity index (χ3n) is 4.27. The number of hydrogen-bond acceptors (Lipinski definition) is 2. The Morgan fingerprint density at radius 2 is 2.12 bits per heavy atom. The average molecular weight is 225 g/mol. The standard InChI is InChI=1S/C13H23NO2/c1-2-10-4-3-7-13(8-10,12(15)16)14-9-11-5-6-11/h10-11,14H,2-9H2,1H3,(H,15,16). The molecule has 3 nitrogen and oxygen atoms in total. The molecule has 2 rings (SSSR count). The smallest absolute Gasteiger partial charge is 0.323 e. The summed E-state index contributed by atoms with van der Waals surface area (Å²) in [7, 11) is 0. The zero-order valence-electron chi connectivity index (χ0n) is 10.2. The van der Waals surface area contributed by atoms with Gasteiger partial charge in [-0.1, -0.05) is 26.2 Å². The van der Waals surface area contributed by atoms with E-state index in [-0.39, 0.29) is 0 Å². The zero-order chi connectivity index (χ0) is 11.6. The lowest BCUT2D eigenvalue weighted by Gasteiger charge is -2.38. The van der Waals surface area contributed by atoms with Crippen molar-refractivity contribution in [3.63, 3.8) is 0 Å². The maximum atomic E-state index is 11.5. The number of hydrogen-bond donors (Lipinski definition) is 2. The summed E-state index contributed by atoms with van der Waals surface area (Å²) in [6, 6.07) is 0. The Hall–Kier alpha value is -0.570. The van der Waals surface area contributed by atoms with Crippen LogP contribution in [0.15, 0.2) is 0 Å². The molecule has 2 N–H and O–H groups in total. The van der Waals surface area contributed by atoms with Gasteiger partial charge in [0.2, 0.25) is 0 Å². The summed E-state index contributed by atoms with van der Waals surface area (Å²) in [4.78, 5) is 11.5. The number of rotatable bonds is 5. The highest BCUT2D eigenvalue weighted by Crippen LogP contribution is 2.36. The van der Waals surface area contributed by atoms with Gasteiger partial charge in [0.1, 0.15) is 5.54 Å². The molecular weight excluding hydrogens is 202 g/mol. The van der Waals surface area contributed by atoms with Crippen LogP contribution in [0.5, 0.6) is 0 Å². The van der Waals surface area contributed by atoms with E-state index in [4.69, 9.17) is 0 Å². The number of carboxylic acid groups (broad SMARTS) is 1. The van der Waals surface area contributed by atoms with E-state index in [1.165, 1.54) is 19.3 Å². The molecular formula is C13H23NO2. The van der Waals surface area contributed by atoms with Crippen molar-refractivity contribution < 1.29 is 9.90 Å². The van der Waals surface area contributed by atoms with Gasteiger partial charge in [-0.3, -0.25) is 4.79 Å². The Morgan fingerprint density at radius 3 is 2.69 bits per heavy atom. The molecule has 0 spiro atoms. The van der Waals surface area contributed by atoms with Crippen LogP contribution in [0.2, 0.25) is 0 Å². The van der Waals surface area contributed by atoms with Gasteiger partial charge in [-0.2, -0.15) is 0 Å². The van der Waals surface area contributed by atoms with Gasteiger partial charge in [-0.05, 0) is 44.1 Å². The van der Waals surface area contributed by atoms with Gasteiger partial charge in [0.05, 0.1) is 0 Å². The first-order chi connectivity index (χ1) is 7.66. The summed E-state index contributed by atoms with van der Waals surface area (Å²) in [6.45, 7) is 3.08. The van der Waals surface area contributed by atoms with Crippen LogP contribution in [0, 0.1) is 11.8 Å². The highest BCUT2D eigenvalue weighted by molar-refractivity contribution is 5.79. The van der Waals surface area contributed by atoms with Crippen molar-refractivity contribution in [3.05, 3.63) is 0 Å². The highest BCUT2D eigenvalue weighted by Gasteiger charge is 2.42. The topological polar surface area (TPSA) is 49.3 Å². The van der Waals surface area contributed by atoms with Crippen LogP contribution in [-0.2, 0) is 4.79 Å². The Morgan fingerprint density at radius 1 is 1.38 bits per heavy atom. The molecule has 2 fully saturated rings. The zero-order valence-corrected chi connectivity index (χ0v) is 10.2. The number of nitrogens with one attached hydrogen (secondary N) is 1. The van der Waals surface area contributed by atoms with Gasteiger partial charge in [0.15, 0.2) is 0 Å². The average Bonchev–Trinajstić information content (AvgIpc) is 3.10. The molecule has 2 atom stereocenters. The van der Waals surface area contributed by atoms with Crippen LogP contribution in [0.3, 0.4) is 0 Å². The van der Waals surface area contributed by atoms with E-state index in [2.05, 4.69) is 12.2 Å². The minimum Gasteiger partial charge on any atom is -0.480 e. The summed E-state index contributed by atoms with van der Waals surface area (Å²) in [5.41, 5.74) is -0.610. The van der Waals surface area contributed by atoms with Crippen LogP contribution in [0.4, 0.5) is 0 Å². The summed E-state index contributed by atoms with van der Waals surface area (Å²) in [5, 5.41) is 12.8. The quantitative estimate of drug-likeness (QED) is 0.755. The van der Waals surface area contributed by atoms with Gasteiger partial charge >= 0.3 is 5.97 Å². The normalized spacial score (nSPS) is 34.9. The molecule has 0 aliphatic heterocycles. The summed E-state index contributed by atoms with van der Waals surface area (Å²) in [6.07, 6.45) is 7.57. The molecule has 2 aliphatic carbocycles. The molecule has 0 amide bonds.